The molecule has 0 aliphatic rings. The zero-order valence-corrected chi connectivity index (χ0v) is 17.4. The molecule has 0 saturated carbocycles. The van der Waals surface area contributed by atoms with Gasteiger partial charge in [-0.2, -0.15) is 0 Å². The van der Waals surface area contributed by atoms with Crippen LogP contribution in [0.25, 0.3) is 20.4 Å². The van der Waals surface area contributed by atoms with Crippen LogP contribution in [0.15, 0.2) is 53.7 Å². The van der Waals surface area contributed by atoms with E-state index in [2.05, 4.69) is 29.1 Å². The molecule has 3 aromatic heterocycles. The number of pyridine rings is 1. The van der Waals surface area contributed by atoms with E-state index in [4.69, 9.17) is 0 Å². The van der Waals surface area contributed by atoms with E-state index in [1.807, 2.05) is 43.3 Å². The molecule has 0 spiro atoms. The van der Waals surface area contributed by atoms with Gasteiger partial charge in [-0.25, -0.2) is 9.97 Å². The van der Waals surface area contributed by atoms with Gasteiger partial charge in [-0.05, 0) is 42.2 Å². The summed E-state index contributed by atoms with van der Waals surface area (Å²) in [6.07, 6.45) is 3.65. The van der Waals surface area contributed by atoms with Gasteiger partial charge >= 0.3 is 0 Å². The Balaban J connectivity index is 1.67. The van der Waals surface area contributed by atoms with Crippen LogP contribution >= 0.6 is 11.3 Å². The molecule has 1 amide bonds. The zero-order chi connectivity index (χ0) is 20.5. The Morgan fingerprint density at radius 1 is 1.17 bits per heavy atom. The second-order valence-corrected chi connectivity index (χ2v) is 8.28. The molecule has 0 saturated heterocycles. The molecule has 1 atom stereocenters. The van der Waals surface area contributed by atoms with Crippen LogP contribution in [0.1, 0.15) is 44.7 Å². The molecule has 0 aliphatic carbocycles. The third-order valence-corrected chi connectivity index (χ3v) is 6.14. The predicted molar refractivity (Wildman–Crippen MR) is 118 cm³/mol. The first-order chi connectivity index (χ1) is 14.0. The monoisotopic (exact) mass is 406 g/mol. The number of carbonyl (C=O) groups is 1. The van der Waals surface area contributed by atoms with E-state index in [1.165, 1.54) is 27.8 Å². The number of anilines is 1. The fourth-order valence-corrected chi connectivity index (χ4v) is 4.42. The molecule has 29 heavy (non-hydrogen) atoms. The summed E-state index contributed by atoms with van der Waals surface area (Å²) < 4.78 is 1.95. The first-order valence-corrected chi connectivity index (χ1v) is 10.5. The van der Waals surface area contributed by atoms with Gasteiger partial charge in [-0.3, -0.25) is 14.2 Å². The van der Waals surface area contributed by atoms with Crippen molar-refractivity contribution in [3.05, 3.63) is 64.8 Å². The predicted octanol–water partition coefficient (Wildman–Crippen LogP) is 4.72. The van der Waals surface area contributed by atoms with Gasteiger partial charge in [-0.1, -0.05) is 32.9 Å². The van der Waals surface area contributed by atoms with Gasteiger partial charge in [0.05, 0.1) is 11.8 Å². The van der Waals surface area contributed by atoms with Gasteiger partial charge in [0.15, 0.2) is 0 Å². The molecule has 0 radical (unpaired) electrons. The highest BCUT2D eigenvalue weighted by atomic mass is 32.1. The molecule has 4 rings (SSSR count). The molecule has 0 aliphatic heterocycles. The molecular weight excluding hydrogens is 384 g/mol. The topological polar surface area (TPSA) is 76.9 Å². The fourth-order valence-electron chi connectivity index (χ4n) is 3.39. The Labute approximate surface area is 172 Å². The molecule has 0 fully saturated rings. The number of fused-ring (bicyclic) bond motifs is 3. The number of rotatable bonds is 5. The summed E-state index contributed by atoms with van der Waals surface area (Å²) in [5, 5.41) is 3.78. The minimum absolute atomic E-state index is 0.213. The lowest BCUT2D eigenvalue weighted by molar-refractivity contribution is -0.119. The van der Waals surface area contributed by atoms with Gasteiger partial charge < -0.3 is 5.32 Å². The molecule has 1 N–H and O–H groups in total. The summed E-state index contributed by atoms with van der Waals surface area (Å²) in [5.41, 5.74) is 2.35. The molecule has 148 valence electrons. The second-order valence-electron chi connectivity index (χ2n) is 7.28. The number of carbonyl (C=O) groups excluding carboxylic acids is 1. The maximum Gasteiger partial charge on any atom is 0.272 e. The summed E-state index contributed by atoms with van der Waals surface area (Å²) >= 11 is 1.31. The summed E-state index contributed by atoms with van der Waals surface area (Å²) in [6.45, 7) is 6.13. The Kier molecular flexibility index (Phi) is 5.15. The highest BCUT2D eigenvalue weighted by Crippen LogP contribution is 2.28. The van der Waals surface area contributed by atoms with Crippen molar-refractivity contribution in [2.45, 2.75) is 39.2 Å². The quantitative estimate of drug-likeness (QED) is 0.520. The number of hydrogen-bond acceptors (Lipinski definition) is 5. The van der Waals surface area contributed by atoms with Crippen molar-refractivity contribution in [3.8, 4) is 0 Å². The molecule has 7 heteroatoms. The maximum atomic E-state index is 13.1. The fraction of sp³-hybridized carbons (Fsp3) is 0.273. The third kappa shape index (κ3) is 3.53. The normalized spacial score (nSPS) is 12.6. The first-order valence-electron chi connectivity index (χ1n) is 9.64. The van der Waals surface area contributed by atoms with Crippen LogP contribution < -0.4 is 10.9 Å². The average molecular weight is 407 g/mol. The second kappa shape index (κ2) is 7.75. The van der Waals surface area contributed by atoms with Crippen molar-refractivity contribution in [1.82, 2.24) is 14.5 Å². The SMILES string of the molecule is CCC(C(=O)Nc1ccc(C(C)C)cc1)n1cnc2c(sc3ncccc32)c1=O. The van der Waals surface area contributed by atoms with Crippen molar-refractivity contribution in [3.63, 3.8) is 0 Å². The van der Waals surface area contributed by atoms with Crippen LogP contribution in [0.3, 0.4) is 0 Å². The van der Waals surface area contributed by atoms with Crippen molar-refractivity contribution >= 4 is 43.4 Å². The number of nitrogens with one attached hydrogen (secondary N) is 1. The summed E-state index contributed by atoms with van der Waals surface area (Å²) in [6, 6.07) is 10.9. The number of amides is 1. The summed E-state index contributed by atoms with van der Waals surface area (Å²) in [5.74, 6) is 0.197. The molecule has 4 aromatic rings. The van der Waals surface area contributed by atoms with Crippen LogP contribution in [0.2, 0.25) is 0 Å². The van der Waals surface area contributed by atoms with E-state index in [0.29, 0.717) is 28.2 Å². The molecule has 1 aromatic carbocycles. The van der Waals surface area contributed by atoms with Gasteiger partial charge in [0.1, 0.15) is 15.6 Å². The summed E-state index contributed by atoms with van der Waals surface area (Å²) in [4.78, 5) is 35.6. The maximum absolute atomic E-state index is 13.1. The van der Waals surface area contributed by atoms with Gasteiger partial charge in [0.2, 0.25) is 5.91 Å². The Morgan fingerprint density at radius 2 is 1.93 bits per heavy atom. The zero-order valence-electron chi connectivity index (χ0n) is 16.5. The number of benzene rings is 1. The van der Waals surface area contributed by atoms with Crippen molar-refractivity contribution in [2.24, 2.45) is 0 Å². The van der Waals surface area contributed by atoms with Gasteiger partial charge in [-0.15, -0.1) is 11.3 Å². The average Bonchev–Trinajstić information content (AvgIpc) is 3.10. The van der Waals surface area contributed by atoms with E-state index < -0.39 is 6.04 Å². The van der Waals surface area contributed by atoms with Gasteiger partial charge in [0.25, 0.3) is 5.56 Å². The molecule has 0 bridgehead atoms. The van der Waals surface area contributed by atoms with E-state index in [-0.39, 0.29) is 11.5 Å². The lowest BCUT2D eigenvalue weighted by Gasteiger charge is -2.18. The lowest BCUT2D eigenvalue weighted by Crippen LogP contribution is -2.33. The van der Waals surface area contributed by atoms with Crippen molar-refractivity contribution in [1.29, 1.82) is 0 Å². The number of thiophene rings is 1. The van der Waals surface area contributed by atoms with Crippen LogP contribution in [0.5, 0.6) is 0 Å². The van der Waals surface area contributed by atoms with Crippen molar-refractivity contribution < 1.29 is 4.79 Å². The summed E-state index contributed by atoms with van der Waals surface area (Å²) in [7, 11) is 0. The van der Waals surface area contributed by atoms with E-state index in [1.54, 1.807) is 6.20 Å². The smallest absolute Gasteiger partial charge is 0.272 e. The van der Waals surface area contributed by atoms with Crippen LogP contribution in [0.4, 0.5) is 5.69 Å². The molecule has 1 unspecified atom stereocenters. The van der Waals surface area contributed by atoms with Crippen LogP contribution in [-0.4, -0.2) is 20.4 Å². The standard InChI is InChI=1S/C22H22N4O2S/c1-4-17(20(27)25-15-9-7-14(8-10-15)13(2)3)26-12-24-18-16-6-5-11-23-21(16)29-19(18)22(26)28/h5-13,17H,4H2,1-3H3,(H,25,27). The van der Waals surface area contributed by atoms with Gasteiger partial charge in [0, 0.05) is 17.3 Å². The van der Waals surface area contributed by atoms with Crippen molar-refractivity contribution in [2.75, 3.05) is 5.32 Å². The highest BCUT2D eigenvalue weighted by molar-refractivity contribution is 7.25. The first kappa shape index (κ1) is 19.3. The minimum atomic E-state index is -0.637. The largest absolute Gasteiger partial charge is 0.324 e. The third-order valence-electron chi connectivity index (χ3n) is 5.05. The van der Waals surface area contributed by atoms with E-state index in [0.717, 1.165) is 10.2 Å². The van der Waals surface area contributed by atoms with E-state index in [9.17, 15) is 9.59 Å². The van der Waals surface area contributed by atoms with Crippen LogP contribution in [-0.2, 0) is 4.79 Å². The Bertz CT molecular complexity index is 1240. The van der Waals surface area contributed by atoms with E-state index >= 15 is 0 Å². The number of nitrogens with zero attached hydrogens (tertiary/aromatic N) is 3. The molecule has 3 heterocycles. The molecule has 6 nitrogen and oxygen atoms in total. The number of aromatic nitrogens is 3. The Morgan fingerprint density at radius 3 is 2.62 bits per heavy atom. The van der Waals surface area contributed by atoms with Crippen LogP contribution in [0, 0.1) is 0 Å². The molecular formula is C22H22N4O2S. The lowest BCUT2D eigenvalue weighted by atomic mass is 10.0. The Hall–Kier alpha value is -3.06. The highest BCUT2D eigenvalue weighted by Gasteiger charge is 2.22. The number of hydrogen-bond donors (Lipinski definition) is 1. The minimum Gasteiger partial charge on any atom is -0.324 e.